The van der Waals surface area contributed by atoms with Crippen molar-refractivity contribution >= 4 is 5.97 Å². The van der Waals surface area contributed by atoms with Crippen molar-refractivity contribution in [1.29, 1.82) is 0 Å². The van der Waals surface area contributed by atoms with E-state index in [1.165, 1.54) is 6.08 Å². The van der Waals surface area contributed by atoms with Crippen molar-refractivity contribution in [2.75, 3.05) is 6.61 Å². The zero-order valence-corrected chi connectivity index (χ0v) is 7.78. The number of carbonyl (C=O) groups excluding carboxylic acids is 1. The molecule has 10 heavy (non-hydrogen) atoms. The van der Waals surface area contributed by atoms with Crippen molar-refractivity contribution in [3.05, 3.63) is 12.7 Å². The number of esters is 1. The van der Waals surface area contributed by atoms with Crippen molar-refractivity contribution in [3.63, 3.8) is 0 Å². The zero-order chi connectivity index (χ0) is 7.11. The zero-order valence-electron chi connectivity index (χ0n) is 6.22. The summed E-state index contributed by atoms with van der Waals surface area (Å²) in [7, 11) is 0. The molecule has 0 aromatic rings. The summed E-state index contributed by atoms with van der Waals surface area (Å²) in [5, 5.41) is 0. The molecule has 0 heterocycles. The van der Waals surface area contributed by atoms with E-state index in [1.807, 2.05) is 6.92 Å². The summed E-state index contributed by atoms with van der Waals surface area (Å²) >= 11 is 0. The van der Waals surface area contributed by atoms with Gasteiger partial charge in [-0.05, 0) is 6.42 Å². The van der Waals surface area contributed by atoms with Gasteiger partial charge in [0.1, 0.15) is 0 Å². The van der Waals surface area contributed by atoms with Gasteiger partial charge in [0, 0.05) is 27.8 Å². The third-order valence-electron chi connectivity index (χ3n) is 0.909. The molecule has 0 N–H and O–H groups in total. The van der Waals surface area contributed by atoms with Crippen LogP contribution >= 0.6 is 0 Å². The third kappa shape index (κ3) is 7.92. The Kier molecular flexibility index (Phi) is 11.2. The summed E-state index contributed by atoms with van der Waals surface area (Å²) in [5.74, 6) is -0.330. The van der Waals surface area contributed by atoms with Gasteiger partial charge in [-0.3, -0.25) is 0 Å². The van der Waals surface area contributed by atoms with Gasteiger partial charge in [-0.15, -0.1) is 0 Å². The fourth-order valence-electron chi connectivity index (χ4n) is 0.376. The molecule has 0 spiro atoms. The molecule has 0 radical (unpaired) electrons. The van der Waals surface area contributed by atoms with Gasteiger partial charge < -0.3 is 4.74 Å². The van der Waals surface area contributed by atoms with Crippen molar-refractivity contribution < 1.29 is 31.2 Å². The molecular formula is C7H12O2Ti. The van der Waals surface area contributed by atoms with E-state index < -0.39 is 0 Å². The van der Waals surface area contributed by atoms with Crippen LogP contribution in [0, 0.1) is 0 Å². The molecule has 0 aromatic heterocycles. The quantitative estimate of drug-likeness (QED) is 0.281. The van der Waals surface area contributed by atoms with E-state index >= 15 is 0 Å². The number of ether oxygens (including phenoxy) is 1. The van der Waals surface area contributed by atoms with Crippen LogP contribution in [0.15, 0.2) is 12.7 Å². The topological polar surface area (TPSA) is 26.3 Å². The maximum absolute atomic E-state index is 10.3. The maximum Gasteiger partial charge on any atom is 0.330 e. The van der Waals surface area contributed by atoms with Gasteiger partial charge in [-0.25, -0.2) is 4.79 Å². The summed E-state index contributed by atoms with van der Waals surface area (Å²) in [6.07, 6.45) is 3.15. The Hall–Kier alpha value is -0.0757. The Labute approximate surface area is 76.5 Å². The smallest absolute Gasteiger partial charge is 0.330 e. The minimum absolute atomic E-state index is 0. The Morgan fingerprint density at radius 1 is 1.70 bits per heavy atom. The van der Waals surface area contributed by atoms with E-state index in [9.17, 15) is 4.79 Å². The van der Waals surface area contributed by atoms with Crippen LogP contribution in [0.1, 0.15) is 19.8 Å². The molecule has 0 aliphatic rings. The number of hydrogen-bond acceptors (Lipinski definition) is 2. The molecule has 2 nitrogen and oxygen atoms in total. The van der Waals surface area contributed by atoms with E-state index in [-0.39, 0.29) is 27.7 Å². The van der Waals surface area contributed by atoms with Gasteiger partial charge in [0.05, 0.1) is 6.61 Å². The number of carbonyl (C=O) groups is 1. The molecule has 0 amide bonds. The third-order valence-corrected chi connectivity index (χ3v) is 0.909. The largest absolute Gasteiger partial charge is 0.463 e. The van der Waals surface area contributed by atoms with Crippen LogP contribution in [0.4, 0.5) is 0 Å². The van der Waals surface area contributed by atoms with Gasteiger partial charge in [0.2, 0.25) is 0 Å². The average Bonchev–Trinajstić information content (AvgIpc) is 1.89. The molecule has 0 bridgehead atoms. The van der Waals surface area contributed by atoms with E-state index in [0.29, 0.717) is 6.61 Å². The first-order valence-electron chi connectivity index (χ1n) is 3.10. The number of unbranched alkanes of at least 4 members (excludes halogenated alkanes) is 1. The standard InChI is InChI=1S/C7H12O2.Ti/c1-3-5-6-9-7(8)4-2;/h4H,2-3,5-6H2,1H3;. The van der Waals surface area contributed by atoms with Crippen LogP contribution in [-0.2, 0) is 31.2 Å². The average molecular weight is 176 g/mol. The summed E-state index contributed by atoms with van der Waals surface area (Å²) < 4.78 is 4.67. The fraction of sp³-hybridized carbons (Fsp3) is 0.571. The first kappa shape index (κ1) is 12.6. The van der Waals surface area contributed by atoms with Crippen LogP contribution < -0.4 is 0 Å². The van der Waals surface area contributed by atoms with Gasteiger partial charge >= 0.3 is 5.97 Å². The van der Waals surface area contributed by atoms with Crippen molar-refractivity contribution in [1.82, 2.24) is 0 Å². The van der Waals surface area contributed by atoms with Crippen LogP contribution in [0.2, 0.25) is 0 Å². The minimum atomic E-state index is -0.330. The van der Waals surface area contributed by atoms with Crippen molar-refractivity contribution in [3.8, 4) is 0 Å². The van der Waals surface area contributed by atoms with Crippen molar-refractivity contribution in [2.24, 2.45) is 0 Å². The molecular weight excluding hydrogens is 164 g/mol. The van der Waals surface area contributed by atoms with Gasteiger partial charge in [-0.2, -0.15) is 0 Å². The molecule has 0 rings (SSSR count). The molecule has 0 aromatic carbocycles. The van der Waals surface area contributed by atoms with Gasteiger partial charge in [0.15, 0.2) is 0 Å². The van der Waals surface area contributed by atoms with E-state index in [1.54, 1.807) is 0 Å². The van der Waals surface area contributed by atoms with E-state index in [4.69, 9.17) is 0 Å². The molecule has 0 fully saturated rings. The maximum atomic E-state index is 10.3. The molecule has 0 aliphatic carbocycles. The summed E-state index contributed by atoms with van der Waals surface area (Å²) in [4.78, 5) is 10.3. The Morgan fingerprint density at radius 2 is 2.30 bits per heavy atom. The summed E-state index contributed by atoms with van der Waals surface area (Å²) in [6, 6.07) is 0. The monoisotopic (exact) mass is 176 g/mol. The second-order valence-corrected chi connectivity index (χ2v) is 1.73. The summed E-state index contributed by atoms with van der Waals surface area (Å²) in [6.45, 7) is 5.82. The van der Waals surface area contributed by atoms with Crippen molar-refractivity contribution in [2.45, 2.75) is 19.8 Å². The second kappa shape index (κ2) is 8.92. The minimum Gasteiger partial charge on any atom is -0.463 e. The molecule has 0 aliphatic heterocycles. The number of hydrogen-bond donors (Lipinski definition) is 0. The van der Waals surface area contributed by atoms with Crippen LogP contribution in [0.25, 0.3) is 0 Å². The molecule has 0 saturated carbocycles. The second-order valence-electron chi connectivity index (χ2n) is 1.73. The summed E-state index contributed by atoms with van der Waals surface area (Å²) in [5.41, 5.74) is 0. The normalized spacial score (nSPS) is 7.70. The Morgan fingerprint density at radius 3 is 2.70 bits per heavy atom. The van der Waals surface area contributed by atoms with E-state index in [0.717, 1.165) is 12.8 Å². The SMILES string of the molecule is C=CC(=O)OCCCC.[Ti]. The molecule has 0 atom stereocenters. The predicted octanol–water partition coefficient (Wildman–Crippen LogP) is 1.51. The number of rotatable bonds is 4. The van der Waals surface area contributed by atoms with E-state index in [2.05, 4.69) is 11.3 Å². The van der Waals surface area contributed by atoms with Gasteiger partial charge in [0.25, 0.3) is 0 Å². The van der Waals surface area contributed by atoms with Gasteiger partial charge in [-0.1, -0.05) is 19.9 Å². The molecule has 0 saturated heterocycles. The Balaban J connectivity index is 0. The Bertz CT molecular complexity index is 102. The predicted molar refractivity (Wildman–Crippen MR) is 36.1 cm³/mol. The first-order valence-corrected chi connectivity index (χ1v) is 3.10. The molecule has 3 heteroatoms. The first-order chi connectivity index (χ1) is 4.31. The molecule has 0 unspecified atom stereocenters. The fourth-order valence-corrected chi connectivity index (χ4v) is 0.376. The van der Waals surface area contributed by atoms with Crippen LogP contribution in [-0.4, -0.2) is 12.6 Å². The molecule has 56 valence electrons. The van der Waals surface area contributed by atoms with Crippen LogP contribution in [0.5, 0.6) is 0 Å². The van der Waals surface area contributed by atoms with Crippen LogP contribution in [0.3, 0.4) is 0 Å².